The van der Waals surface area contributed by atoms with Gasteiger partial charge in [-0.05, 0) is 51.9 Å². The quantitative estimate of drug-likeness (QED) is 0.786. The van der Waals surface area contributed by atoms with Crippen molar-refractivity contribution < 1.29 is 19.1 Å². The van der Waals surface area contributed by atoms with E-state index in [4.69, 9.17) is 4.74 Å². The third-order valence-corrected chi connectivity index (χ3v) is 6.06. The lowest BCUT2D eigenvalue weighted by Crippen LogP contribution is -2.28. The normalized spacial score (nSPS) is 24.4. The summed E-state index contributed by atoms with van der Waals surface area (Å²) in [7, 11) is 0. The molecule has 1 amide bonds. The van der Waals surface area contributed by atoms with Gasteiger partial charge in [0.1, 0.15) is 5.60 Å². The van der Waals surface area contributed by atoms with Crippen molar-refractivity contribution in [2.75, 3.05) is 5.32 Å². The molecule has 0 bridgehead atoms. The van der Waals surface area contributed by atoms with Crippen molar-refractivity contribution in [3.05, 3.63) is 10.6 Å². The lowest BCUT2D eigenvalue weighted by molar-refractivity contribution is -0.159. The molecular formula is C20H28N2O4S. The maximum atomic E-state index is 12.6. The Morgan fingerprint density at radius 3 is 2.52 bits per heavy atom. The highest BCUT2D eigenvalue weighted by molar-refractivity contribution is 7.17. The number of hydrogen-bond acceptors (Lipinski definition) is 6. The van der Waals surface area contributed by atoms with E-state index >= 15 is 0 Å². The summed E-state index contributed by atoms with van der Waals surface area (Å²) in [4.78, 5) is 42.3. The number of rotatable bonds is 3. The van der Waals surface area contributed by atoms with Crippen molar-refractivity contribution in [2.24, 2.45) is 17.3 Å². The van der Waals surface area contributed by atoms with E-state index in [0.717, 1.165) is 12.1 Å². The molecule has 1 fully saturated rings. The Hall–Kier alpha value is -1.76. The monoisotopic (exact) mass is 392 g/mol. The number of aromatic nitrogens is 1. The van der Waals surface area contributed by atoms with E-state index in [2.05, 4.69) is 24.1 Å². The summed E-state index contributed by atoms with van der Waals surface area (Å²) in [5, 5.41) is 3.34. The van der Waals surface area contributed by atoms with E-state index in [1.807, 2.05) is 20.8 Å². The van der Waals surface area contributed by atoms with Crippen LogP contribution in [0.1, 0.15) is 75.7 Å². The molecule has 2 atom stereocenters. The summed E-state index contributed by atoms with van der Waals surface area (Å²) < 4.78 is 5.44. The topological polar surface area (TPSA) is 85.4 Å². The summed E-state index contributed by atoms with van der Waals surface area (Å²) in [5.41, 5.74) is 0.179. The molecule has 1 saturated carbocycles. The minimum atomic E-state index is -0.516. The number of carbonyl (C=O) groups excluding carboxylic acids is 3. The molecular weight excluding hydrogens is 364 g/mol. The second kappa shape index (κ2) is 7.00. The first kappa shape index (κ1) is 20.0. The summed E-state index contributed by atoms with van der Waals surface area (Å²) in [6.07, 6.45) is 3.07. The summed E-state index contributed by atoms with van der Waals surface area (Å²) in [6, 6.07) is 0. The van der Waals surface area contributed by atoms with E-state index in [-0.39, 0.29) is 34.9 Å². The number of nitrogens with one attached hydrogen (secondary N) is 1. The second-order valence-corrected chi connectivity index (χ2v) is 10.5. The first-order chi connectivity index (χ1) is 12.4. The van der Waals surface area contributed by atoms with Gasteiger partial charge in [-0.2, -0.15) is 0 Å². The number of hydrogen-bond donors (Lipinski definition) is 1. The zero-order valence-corrected chi connectivity index (χ0v) is 17.5. The third kappa shape index (κ3) is 4.75. The van der Waals surface area contributed by atoms with Gasteiger partial charge in [0.25, 0.3) is 0 Å². The van der Waals surface area contributed by atoms with Crippen LogP contribution in [0, 0.1) is 17.3 Å². The summed E-state index contributed by atoms with van der Waals surface area (Å²) in [6.45, 7) is 9.64. The molecule has 1 heterocycles. The van der Waals surface area contributed by atoms with Crippen molar-refractivity contribution in [3.8, 4) is 0 Å². The molecule has 0 aromatic carbocycles. The molecule has 7 heteroatoms. The van der Waals surface area contributed by atoms with Gasteiger partial charge in [-0.15, -0.1) is 0 Å². The number of Topliss-reactive ketones (excluding diaryl/α,β-unsaturated/α-hetero) is 1. The fourth-order valence-corrected chi connectivity index (χ4v) is 4.72. The number of amides is 1. The number of ether oxygens (including phenoxy) is 1. The molecule has 0 unspecified atom stereocenters. The van der Waals surface area contributed by atoms with Crippen molar-refractivity contribution >= 4 is 34.1 Å². The molecule has 1 aromatic heterocycles. The fourth-order valence-electron chi connectivity index (χ4n) is 3.80. The smallest absolute Gasteiger partial charge is 0.309 e. The second-order valence-electron chi connectivity index (χ2n) is 9.47. The van der Waals surface area contributed by atoms with E-state index in [1.165, 1.54) is 11.3 Å². The number of nitrogens with zero attached hydrogens (tertiary/aromatic N) is 1. The molecule has 2 aliphatic carbocycles. The highest BCUT2D eigenvalue weighted by atomic mass is 32.1. The molecule has 2 aliphatic rings. The SMILES string of the molecule is CC1(C)CC(=O)c2sc(NC(=O)[C@H]3CC[C@@H](C(=O)OC(C)(C)C)C3)nc2C1. The van der Waals surface area contributed by atoms with Crippen LogP contribution in [-0.2, 0) is 20.7 Å². The molecule has 0 spiro atoms. The van der Waals surface area contributed by atoms with Crippen LogP contribution >= 0.6 is 11.3 Å². The van der Waals surface area contributed by atoms with Crippen LogP contribution in [0.15, 0.2) is 0 Å². The van der Waals surface area contributed by atoms with Gasteiger partial charge in [-0.1, -0.05) is 25.2 Å². The molecule has 0 radical (unpaired) electrons. The standard InChI is InChI=1S/C20H28N2O4S/c1-19(2,3)26-17(25)12-7-6-11(8-12)16(24)22-18-21-13-9-20(4,5)10-14(23)15(13)27-18/h11-12H,6-10H2,1-5H3,(H,21,22,24)/t11-,12+/m0/s1. The molecule has 1 N–H and O–H groups in total. The van der Waals surface area contributed by atoms with Crippen LogP contribution in [0.4, 0.5) is 5.13 Å². The zero-order chi connectivity index (χ0) is 20.0. The van der Waals surface area contributed by atoms with Gasteiger partial charge in [0.15, 0.2) is 10.9 Å². The van der Waals surface area contributed by atoms with Crippen molar-refractivity contribution in [3.63, 3.8) is 0 Å². The maximum Gasteiger partial charge on any atom is 0.309 e. The summed E-state index contributed by atoms with van der Waals surface area (Å²) in [5.74, 6) is -0.707. The van der Waals surface area contributed by atoms with Crippen LogP contribution in [0.5, 0.6) is 0 Å². The van der Waals surface area contributed by atoms with Crippen LogP contribution in [-0.4, -0.2) is 28.2 Å². The van der Waals surface area contributed by atoms with Crippen LogP contribution in [0.2, 0.25) is 0 Å². The Kier molecular flexibility index (Phi) is 5.18. The largest absolute Gasteiger partial charge is 0.460 e. The highest BCUT2D eigenvalue weighted by Gasteiger charge is 2.37. The average Bonchev–Trinajstić information content (AvgIpc) is 3.11. The average molecular weight is 393 g/mol. The molecule has 0 aliphatic heterocycles. The molecule has 0 saturated heterocycles. The van der Waals surface area contributed by atoms with Gasteiger partial charge < -0.3 is 10.1 Å². The first-order valence-electron chi connectivity index (χ1n) is 9.50. The van der Waals surface area contributed by atoms with Gasteiger partial charge in [-0.25, -0.2) is 4.98 Å². The van der Waals surface area contributed by atoms with Gasteiger partial charge >= 0.3 is 5.97 Å². The fraction of sp³-hybridized carbons (Fsp3) is 0.700. The van der Waals surface area contributed by atoms with Crippen molar-refractivity contribution in [2.45, 2.75) is 72.3 Å². The number of fused-ring (bicyclic) bond motifs is 1. The molecule has 6 nitrogen and oxygen atoms in total. The minimum Gasteiger partial charge on any atom is -0.460 e. The molecule has 1 aromatic rings. The number of carbonyl (C=O) groups is 3. The maximum absolute atomic E-state index is 12.6. The summed E-state index contributed by atoms with van der Waals surface area (Å²) >= 11 is 1.26. The first-order valence-corrected chi connectivity index (χ1v) is 10.3. The zero-order valence-electron chi connectivity index (χ0n) is 16.7. The van der Waals surface area contributed by atoms with Crippen LogP contribution < -0.4 is 5.32 Å². The Morgan fingerprint density at radius 2 is 1.85 bits per heavy atom. The number of anilines is 1. The van der Waals surface area contributed by atoms with Gasteiger partial charge in [0, 0.05) is 12.3 Å². The number of ketones is 1. The van der Waals surface area contributed by atoms with Gasteiger partial charge in [0.2, 0.25) is 5.91 Å². The Bertz CT molecular complexity index is 775. The van der Waals surface area contributed by atoms with E-state index < -0.39 is 5.60 Å². The Morgan fingerprint density at radius 1 is 1.19 bits per heavy atom. The molecule has 148 valence electrons. The Balaban J connectivity index is 1.61. The minimum absolute atomic E-state index is 0.0917. The predicted molar refractivity (Wildman–Crippen MR) is 104 cm³/mol. The predicted octanol–water partition coefficient (Wildman–Crippen LogP) is 3.99. The number of thiazole rings is 1. The Labute approximate surface area is 164 Å². The van der Waals surface area contributed by atoms with E-state index in [1.54, 1.807) is 0 Å². The van der Waals surface area contributed by atoms with Crippen LogP contribution in [0.3, 0.4) is 0 Å². The third-order valence-electron chi connectivity index (χ3n) is 5.01. The van der Waals surface area contributed by atoms with Gasteiger partial charge in [0.05, 0.1) is 16.5 Å². The number of esters is 1. The van der Waals surface area contributed by atoms with Crippen molar-refractivity contribution in [1.29, 1.82) is 0 Å². The van der Waals surface area contributed by atoms with Gasteiger partial charge in [-0.3, -0.25) is 14.4 Å². The highest BCUT2D eigenvalue weighted by Crippen LogP contribution is 2.39. The van der Waals surface area contributed by atoms with Crippen LogP contribution in [0.25, 0.3) is 0 Å². The van der Waals surface area contributed by atoms with E-state index in [9.17, 15) is 14.4 Å². The molecule has 3 rings (SSSR count). The van der Waals surface area contributed by atoms with Crippen molar-refractivity contribution in [1.82, 2.24) is 4.98 Å². The lowest BCUT2D eigenvalue weighted by atomic mass is 9.78. The molecule has 27 heavy (non-hydrogen) atoms. The van der Waals surface area contributed by atoms with E-state index in [0.29, 0.717) is 35.7 Å². The lowest BCUT2D eigenvalue weighted by Gasteiger charge is -2.26.